The fraction of sp³-hybridized carbons (Fsp3) is 0.538. The molecule has 0 saturated carbocycles. The predicted octanol–water partition coefficient (Wildman–Crippen LogP) is 2.29. The van der Waals surface area contributed by atoms with Gasteiger partial charge in [-0.25, -0.2) is 15.8 Å². The van der Waals surface area contributed by atoms with Gasteiger partial charge in [-0.05, 0) is 52.2 Å². The Bertz CT molecular complexity index is 1050. The van der Waals surface area contributed by atoms with E-state index in [4.69, 9.17) is 5.84 Å². The summed E-state index contributed by atoms with van der Waals surface area (Å²) in [6.07, 6.45) is 4.50. The van der Waals surface area contributed by atoms with Gasteiger partial charge in [-0.1, -0.05) is 24.6 Å². The quantitative estimate of drug-likeness (QED) is 0.385. The summed E-state index contributed by atoms with van der Waals surface area (Å²) in [4.78, 5) is 40.7. The lowest BCUT2D eigenvalue weighted by Crippen LogP contribution is -2.62. The molecule has 9 heteroatoms. The molecule has 188 valence electrons. The largest absolute Gasteiger partial charge is 0.350 e. The molecular weight excluding hydrogens is 442 g/mol. The number of hydrazine groups is 1. The van der Waals surface area contributed by atoms with Crippen LogP contribution in [0, 0.1) is 13.8 Å². The predicted molar refractivity (Wildman–Crippen MR) is 136 cm³/mol. The van der Waals surface area contributed by atoms with Crippen molar-refractivity contribution < 1.29 is 9.59 Å². The van der Waals surface area contributed by atoms with Gasteiger partial charge in [0.15, 0.2) is 0 Å². The molecule has 3 heterocycles. The van der Waals surface area contributed by atoms with Crippen molar-refractivity contribution in [1.29, 1.82) is 0 Å². The average Bonchev–Trinajstić information content (AvgIpc) is 2.88. The molecule has 3 N–H and O–H groups in total. The summed E-state index contributed by atoms with van der Waals surface area (Å²) in [6, 6.07) is 8.97. The van der Waals surface area contributed by atoms with Crippen LogP contribution in [-0.4, -0.2) is 75.9 Å². The minimum absolute atomic E-state index is 0.134. The SMILES string of the molecule is CC[C@H]1CN(c2ncc(C(=O)NN)nc2C)[C@H](C)CN1C1CCN(C(=O)c2ccc(C)cc2)CC1. The lowest BCUT2D eigenvalue weighted by atomic mass is 9.95. The van der Waals surface area contributed by atoms with Crippen molar-refractivity contribution >= 4 is 17.6 Å². The molecule has 0 aliphatic carbocycles. The Kier molecular flexibility index (Phi) is 7.66. The molecule has 1 aromatic heterocycles. The number of carbonyl (C=O) groups is 2. The van der Waals surface area contributed by atoms with E-state index in [-0.39, 0.29) is 17.6 Å². The number of rotatable bonds is 5. The normalized spacial score (nSPS) is 21.7. The van der Waals surface area contributed by atoms with Gasteiger partial charge in [0.05, 0.1) is 11.9 Å². The number of benzene rings is 1. The number of amides is 2. The van der Waals surface area contributed by atoms with Crippen LogP contribution in [0.5, 0.6) is 0 Å². The number of hydrogen-bond donors (Lipinski definition) is 2. The van der Waals surface area contributed by atoms with E-state index in [0.29, 0.717) is 12.1 Å². The maximum absolute atomic E-state index is 12.9. The number of aromatic nitrogens is 2. The minimum Gasteiger partial charge on any atom is -0.350 e. The van der Waals surface area contributed by atoms with Crippen LogP contribution >= 0.6 is 0 Å². The van der Waals surface area contributed by atoms with Gasteiger partial charge in [0.1, 0.15) is 11.5 Å². The second-order valence-electron chi connectivity index (χ2n) is 9.79. The summed E-state index contributed by atoms with van der Waals surface area (Å²) < 4.78 is 0. The highest BCUT2D eigenvalue weighted by molar-refractivity contribution is 5.94. The molecule has 2 aliphatic heterocycles. The Morgan fingerprint density at radius 2 is 1.80 bits per heavy atom. The number of nitrogens with two attached hydrogens (primary N) is 1. The van der Waals surface area contributed by atoms with E-state index in [1.165, 1.54) is 6.20 Å². The Balaban J connectivity index is 1.41. The molecule has 2 aromatic rings. The molecule has 1 aromatic carbocycles. The zero-order chi connectivity index (χ0) is 25.1. The number of anilines is 1. The van der Waals surface area contributed by atoms with Gasteiger partial charge in [-0.3, -0.25) is 19.9 Å². The topological polar surface area (TPSA) is 108 Å². The summed E-state index contributed by atoms with van der Waals surface area (Å²) in [7, 11) is 0. The maximum atomic E-state index is 12.9. The van der Waals surface area contributed by atoms with Crippen LogP contribution in [0.15, 0.2) is 30.5 Å². The van der Waals surface area contributed by atoms with Crippen LogP contribution in [0.3, 0.4) is 0 Å². The van der Waals surface area contributed by atoms with Crippen molar-refractivity contribution in [3.05, 3.63) is 53.0 Å². The van der Waals surface area contributed by atoms with Crippen LogP contribution in [-0.2, 0) is 0 Å². The second kappa shape index (κ2) is 10.7. The zero-order valence-electron chi connectivity index (χ0n) is 21.2. The van der Waals surface area contributed by atoms with Crippen molar-refractivity contribution in [2.45, 2.75) is 65.1 Å². The molecule has 2 atom stereocenters. The van der Waals surface area contributed by atoms with Gasteiger partial charge in [0.2, 0.25) is 0 Å². The second-order valence-corrected chi connectivity index (χ2v) is 9.79. The fourth-order valence-corrected chi connectivity index (χ4v) is 5.39. The average molecular weight is 480 g/mol. The summed E-state index contributed by atoms with van der Waals surface area (Å²) in [5.74, 6) is 5.75. The Morgan fingerprint density at radius 3 is 2.40 bits per heavy atom. The number of aryl methyl sites for hydroxylation is 2. The van der Waals surface area contributed by atoms with Crippen LogP contribution < -0.4 is 16.2 Å². The third-order valence-corrected chi connectivity index (χ3v) is 7.43. The van der Waals surface area contributed by atoms with Crippen LogP contribution in [0.4, 0.5) is 5.82 Å². The smallest absolute Gasteiger partial charge is 0.285 e. The first-order valence-corrected chi connectivity index (χ1v) is 12.5. The number of piperazine rings is 1. The van der Waals surface area contributed by atoms with Crippen LogP contribution in [0.25, 0.3) is 0 Å². The number of nitrogens with zero attached hydrogens (tertiary/aromatic N) is 5. The van der Waals surface area contributed by atoms with Crippen LogP contribution in [0.1, 0.15) is 65.2 Å². The van der Waals surface area contributed by atoms with Gasteiger partial charge in [0.25, 0.3) is 11.8 Å². The third-order valence-electron chi connectivity index (χ3n) is 7.43. The monoisotopic (exact) mass is 479 g/mol. The van der Waals surface area contributed by atoms with E-state index in [1.807, 2.05) is 43.0 Å². The molecule has 2 amide bonds. The summed E-state index contributed by atoms with van der Waals surface area (Å²) in [6.45, 7) is 11.7. The first-order chi connectivity index (χ1) is 16.8. The number of nitrogen functional groups attached to an aromatic ring is 1. The lowest BCUT2D eigenvalue weighted by Gasteiger charge is -2.50. The molecule has 0 radical (unpaired) electrons. The van der Waals surface area contributed by atoms with Gasteiger partial charge in [-0.2, -0.15) is 0 Å². The molecule has 2 saturated heterocycles. The fourth-order valence-electron chi connectivity index (χ4n) is 5.39. The molecular formula is C26H37N7O2. The van der Waals surface area contributed by atoms with Gasteiger partial charge >= 0.3 is 0 Å². The van der Waals surface area contributed by atoms with Gasteiger partial charge in [0, 0.05) is 49.9 Å². The first kappa shape index (κ1) is 25.1. The molecule has 35 heavy (non-hydrogen) atoms. The Labute approximate surface area is 207 Å². The summed E-state index contributed by atoms with van der Waals surface area (Å²) in [5.41, 5.74) is 4.99. The van der Waals surface area contributed by atoms with Crippen LogP contribution in [0.2, 0.25) is 0 Å². The molecule has 0 unspecified atom stereocenters. The van der Waals surface area contributed by atoms with Crippen molar-refractivity contribution in [1.82, 2.24) is 25.2 Å². The van der Waals surface area contributed by atoms with Gasteiger partial charge < -0.3 is 9.80 Å². The molecule has 2 fully saturated rings. The Morgan fingerprint density at radius 1 is 1.11 bits per heavy atom. The number of likely N-dealkylation sites (tertiary alicyclic amines) is 1. The highest BCUT2D eigenvalue weighted by atomic mass is 16.2. The van der Waals surface area contributed by atoms with E-state index in [2.05, 4.69) is 39.0 Å². The number of hydrogen-bond acceptors (Lipinski definition) is 7. The number of nitrogens with one attached hydrogen (secondary N) is 1. The van der Waals surface area contributed by atoms with E-state index < -0.39 is 5.91 Å². The Hall–Kier alpha value is -3.04. The molecule has 2 aliphatic rings. The standard InChI is InChI=1S/C26H37N7O2/c1-5-21-16-32(24-19(4)29-23(14-28-24)25(34)30-27)18(3)15-33(21)22-10-12-31(13-11-22)26(35)20-8-6-17(2)7-9-20/h6-9,14,18,21-22H,5,10-13,15-16,27H2,1-4H3,(H,30,34)/t18-,21+/m1/s1. The van der Waals surface area contributed by atoms with E-state index in [0.717, 1.165) is 68.1 Å². The van der Waals surface area contributed by atoms with E-state index >= 15 is 0 Å². The van der Waals surface area contributed by atoms with Crippen molar-refractivity contribution in [2.75, 3.05) is 31.1 Å². The number of piperidine rings is 1. The van der Waals surface area contributed by atoms with E-state index in [1.54, 1.807) is 0 Å². The van der Waals surface area contributed by atoms with Gasteiger partial charge in [-0.15, -0.1) is 0 Å². The highest BCUT2D eigenvalue weighted by Crippen LogP contribution is 2.29. The van der Waals surface area contributed by atoms with Crippen molar-refractivity contribution in [2.24, 2.45) is 5.84 Å². The van der Waals surface area contributed by atoms with E-state index in [9.17, 15) is 9.59 Å². The lowest BCUT2D eigenvalue weighted by molar-refractivity contribution is 0.0434. The third kappa shape index (κ3) is 5.31. The summed E-state index contributed by atoms with van der Waals surface area (Å²) >= 11 is 0. The first-order valence-electron chi connectivity index (χ1n) is 12.5. The molecule has 9 nitrogen and oxygen atoms in total. The minimum atomic E-state index is -0.441. The summed E-state index contributed by atoms with van der Waals surface area (Å²) in [5, 5.41) is 0. The number of carbonyl (C=O) groups excluding carboxylic acids is 2. The molecule has 0 spiro atoms. The maximum Gasteiger partial charge on any atom is 0.285 e. The van der Waals surface area contributed by atoms with Crippen molar-refractivity contribution in [3.63, 3.8) is 0 Å². The zero-order valence-corrected chi connectivity index (χ0v) is 21.2. The molecule has 4 rings (SSSR count). The molecule has 0 bridgehead atoms. The highest BCUT2D eigenvalue weighted by Gasteiger charge is 2.37. The van der Waals surface area contributed by atoms with Crippen molar-refractivity contribution in [3.8, 4) is 0 Å².